The van der Waals surface area contributed by atoms with Crippen LogP contribution in [0, 0.1) is 0 Å². The molecule has 0 aromatic heterocycles. The molecule has 158 valence electrons. The van der Waals surface area contributed by atoms with Crippen LogP contribution in [-0.2, 0) is 6.54 Å². The normalized spacial score (nSPS) is 15.1. The smallest absolute Gasteiger partial charge is 0.387 e. The molecule has 0 bridgehead atoms. The molecule has 0 aliphatic carbocycles. The number of ether oxygens (including phenoxy) is 2. The molecule has 0 atom stereocenters. The largest absolute Gasteiger partial charge is 0.497 e. The zero-order valence-electron chi connectivity index (χ0n) is 16.8. The van der Waals surface area contributed by atoms with Crippen LogP contribution in [0.4, 0.5) is 8.78 Å². The van der Waals surface area contributed by atoms with Crippen molar-refractivity contribution in [1.82, 2.24) is 15.5 Å². The first-order valence-electron chi connectivity index (χ1n) is 9.98. The minimum atomic E-state index is -2.88. The van der Waals surface area contributed by atoms with Crippen molar-refractivity contribution in [3.63, 3.8) is 0 Å². The average molecular weight is 398 g/mol. The van der Waals surface area contributed by atoms with E-state index in [0.717, 1.165) is 32.5 Å². The Kier molecular flexibility index (Phi) is 9.82. The average Bonchev–Trinajstić information content (AvgIpc) is 3.19. The molecule has 0 saturated carbocycles. The molecule has 1 aromatic carbocycles. The van der Waals surface area contributed by atoms with E-state index >= 15 is 0 Å². The molecule has 2 N–H and O–H groups in total. The zero-order valence-corrected chi connectivity index (χ0v) is 16.8. The van der Waals surface area contributed by atoms with Crippen LogP contribution in [0.2, 0.25) is 0 Å². The quantitative estimate of drug-likeness (QED) is 0.341. The molecule has 2 rings (SSSR count). The second-order valence-corrected chi connectivity index (χ2v) is 6.73. The highest BCUT2D eigenvalue weighted by Crippen LogP contribution is 2.26. The van der Waals surface area contributed by atoms with Crippen molar-refractivity contribution in [2.75, 3.05) is 39.8 Å². The van der Waals surface area contributed by atoms with Crippen molar-refractivity contribution in [1.29, 1.82) is 0 Å². The minimum Gasteiger partial charge on any atom is -0.497 e. The fourth-order valence-electron chi connectivity index (χ4n) is 3.20. The lowest BCUT2D eigenvalue weighted by Gasteiger charge is -2.15. The van der Waals surface area contributed by atoms with Gasteiger partial charge in [-0.3, -0.25) is 0 Å². The van der Waals surface area contributed by atoms with E-state index in [1.165, 1.54) is 39.1 Å². The molecule has 0 radical (unpaired) electrons. The Labute approximate surface area is 166 Å². The molecule has 0 spiro atoms. The molecule has 1 aromatic rings. The van der Waals surface area contributed by atoms with Crippen LogP contribution in [0.3, 0.4) is 0 Å². The molecule has 1 fully saturated rings. The molecule has 8 heteroatoms. The number of alkyl halides is 2. The summed E-state index contributed by atoms with van der Waals surface area (Å²) in [7, 11) is 1.53. The monoisotopic (exact) mass is 398 g/mol. The number of halogens is 2. The predicted octanol–water partition coefficient (Wildman–Crippen LogP) is 3.23. The van der Waals surface area contributed by atoms with Crippen LogP contribution >= 0.6 is 0 Å². The predicted molar refractivity (Wildman–Crippen MR) is 107 cm³/mol. The van der Waals surface area contributed by atoms with Crippen molar-refractivity contribution >= 4 is 5.96 Å². The Morgan fingerprint density at radius 3 is 2.68 bits per heavy atom. The molecular formula is C20H32F2N4O2. The lowest BCUT2D eigenvalue weighted by molar-refractivity contribution is -0.0504. The Morgan fingerprint density at radius 2 is 2.00 bits per heavy atom. The molecule has 0 unspecified atom stereocenters. The van der Waals surface area contributed by atoms with Crippen LogP contribution in [0.25, 0.3) is 0 Å². The maximum Gasteiger partial charge on any atom is 0.387 e. The molecule has 0 amide bonds. The van der Waals surface area contributed by atoms with E-state index in [1.54, 1.807) is 12.1 Å². The topological polar surface area (TPSA) is 58.1 Å². The summed E-state index contributed by atoms with van der Waals surface area (Å²) in [5, 5.41) is 6.49. The van der Waals surface area contributed by atoms with Crippen molar-refractivity contribution < 1.29 is 18.3 Å². The highest BCUT2D eigenvalue weighted by atomic mass is 19.3. The third-order valence-electron chi connectivity index (χ3n) is 4.63. The molecular weight excluding hydrogens is 366 g/mol. The summed E-state index contributed by atoms with van der Waals surface area (Å²) < 4.78 is 35.0. The zero-order chi connectivity index (χ0) is 20.2. The number of hydrogen-bond acceptors (Lipinski definition) is 4. The SMILES string of the molecule is CCNC(=NCc1cc(OC)ccc1OC(F)F)NCCCCN1CCCC1. The number of guanidine groups is 1. The van der Waals surface area contributed by atoms with Gasteiger partial charge in [0.05, 0.1) is 13.7 Å². The van der Waals surface area contributed by atoms with Gasteiger partial charge in [0.25, 0.3) is 0 Å². The Bertz CT molecular complexity index is 608. The first-order chi connectivity index (χ1) is 13.6. The third-order valence-corrected chi connectivity index (χ3v) is 4.63. The van der Waals surface area contributed by atoms with Crippen LogP contribution < -0.4 is 20.1 Å². The number of aliphatic imine (C=N–C) groups is 1. The number of likely N-dealkylation sites (tertiary alicyclic amines) is 1. The van der Waals surface area contributed by atoms with Crippen LogP contribution in [0.5, 0.6) is 11.5 Å². The lowest BCUT2D eigenvalue weighted by Crippen LogP contribution is -2.38. The Morgan fingerprint density at radius 1 is 1.21 bits per heavy atom. The van der Waals surface area contributed by atoms with Gasteiger partial charge in [-0.05, 0) is 70.4 Å². The van der Waals surface area contributed by atoms with Crippen molar-refractivity contribution in [3.05, 3.63) is 23.8 Å². The molecule has 1 aliphatic heterocycles. The summed E-state index contributed by atoms with van der Waals surface area (Å²) in [6.45, 7) is 4.45. The summed E-state index contributed by atoms with van der Waals surface area (Å²) in [5.41, 5.74) is 0.547. The highest BCUT2D eigenvalue weighted by Gasteiger charge is 2.12. The fourth-order valence-corrected chi connectivity index (χ4v) is 3.20. The van der Waals surface area contributed by atoms with Gasteiger partial charge < -0.3 is 25.0 Å². The number of nitrogens with one attached hydrogen (secondary N) is 2. The summed E-state index contributed by atoms with van der Waals surface area (Å²) in [6.07, 6.45) is 4.84. The van der Waals surface area contributed by atoms with E-state index in [9.17, 15) is 8.78 Å². The van der Waals surface area contributed by atoms with Crippen LogP contribution in [0.1, 0.15) is 38.2 Å². The minimum absolute atomic E-state index is 0.112. The molecule has 1 aliphatic rings. The molecule has 1 saturated heterocycles. The third kappa shape index (κ3) is 7.88. The molecule has 28 heavy (non-hydrogen) atoms. The van der Waals surface area contributed by atoms with Crippen LogP contribution in [0.15, 0.2) is 23.2 Å². The number of unbranched alkanes of at least 4 members (excludes halogenated alkanes) is 1. The Hall–Kier alpha value is -2.09. The lowest BCUT2D eigenvalue weighted by atomic mass is 10.2. The van der Waals surface area contributed by atoms with Gasteiger partial charge in [0, 0.05) is 18.7 Å². The highest BCUT2D eigenvalue weighted by molar-refractivity contribution is 5.79. The van der Waals surface area contributed by atoms with E-state index in [0.29, 0.717) is 17.3 Å². The summed E-state index contributed by atoms with van der Waals surface area (Å²) >= 11 is 0. The van der Waals surface area contributed by atoms with Gasteiger partial charge >= 0.3 is 6.61 Å². The van der Waals surface area contributed by atoms with Crippen molar-refractivity contribution in [2.24, 2.45) is 4.99 Å². The van der Waals surface area contributed by atoms with E-state index in [2.05, 4.69) is 25.3 Å². The van der Waals surface area contributed by atoms with Crippen molar-refractivity contribution in [2.45, 2.75) is 45.8 Å². The van der Waals surface area contributed by atoms with E-state index in [4.69, 9.17) is 4.74 Å². The van der Waals surface area contributed by atoms with Gasteiger partial charge in [-0.25, -0.2) is 4.99 Å². The van der Waals surface area contributed by atoms with Gasteiger partial charge in [0.2, 0.25) is 0 Å². The molecule has 1 heterocycles. The van der Waals surface area contributed by atoms with Crippen LogP contribution in [-0.4, -0.2) is 57.3 Å². The van der Waals surface area contributed by atoms with Gasteiger partial charge in [0.15, 0.2) is 5.96 Å². The number of rotatable bonds is 11. The summed E-state index contributed by atoms with van der Waals surface area (Å²) in [6, 6.07) is 4.74. The fraction of sp³-hybridized carbons (Fsp3) is 0.650. The Balaban J connectivity index is 1.87. The number of benzene rings is 1. The second kappa shape index (κ2) is 12.4. The summed E-state index contributed by atoms with van der Waals surface area (Å²) in [5.74, 6) is 1.35. The first-order valence-corrected chi connectivity index (χ1v) is 9.98. The van der Waals surface area contributed by atoms with E-state index in [1.807, 2.05) is 6.92 Å². The van der Waals surface area contributed by atoms with E-state index in [-0.39, 0.29) is 12.3 Å². The summed E-state index contributed by atoms with van der Waals surface area (Å²) in [4.78, 5) is 7.01. The van der Waals surface area contributed by atoms with Gasteiger partial charge in [-0.2, -0.15) is 8.78 Å². The van der Waals surface area contributed by atoms with E-state index < -0.39 is 6.61 Å². The second-order valence-electron chi connectivity index (χ2n) is 6.73. The standard InChI is InChI=1S/C20H32F2N4O2/c1-3-23-20(24-10-4-5-11-26-12-6-7-13-26)25-15-16-14-17(27-2)8-9-18(16)28-19(21)22/h8-9,14,19H,3-7,10-13,15H2,1-2H3,(H2,23,24,25). The van der Waals surface area contributed by atoms with Crippen molar-refractivity contribution in [3.8, 4) is 11.5 Å². The maximum atomic E-state index is 12.6. The number of methoxy groups -OCH3 is 1. The van der Waals surface area contributed by atoms with Gasteiger partial charge in [-0.1, -0.05) is 0 Å². The number of hydrogen-bond donors (Lipinski definition) is 2. The first kappa shape index (κ1) is 22.2. The van der Waals surface area contributed by atoms with Gasteiger partial charge in [0.1, 0.15) is 11.5 Å². The number of nitrogens with zero attached hydrogens (tertiary/aromatic N) is 2. The molecule has 6 nitrogen and oxygen atoms in total. The van der Waals surface area contributed by atoms with Gasteiger partial charge in [-0.15, -0.1) is 0 Å². The maximum absolute atomic E-state index is 12.6.